The zero-order valence-corrected chi connectivity index (χ0v) is 12.6. The standard InChI is InChI=1S/C18H24N2/c1-14-7-9-16(10-8-14)17(13-19)11-15-5-4-6-18(12-15)20(2)3/h4-10,12,17H,11,13,19H2,1-3H3. The highest BCUT2D eigenvalue weighted by Crippen LogP contribution is 2.22. The third kappa shape index (κ3) is 3.61. The van der Waals surface area contributed by atoms with Crippen LogP contribution in [0.5, 0.6) is 0 Å². The summed E-state index contributed by atoms with van der Waals surface area (Å²) in [6.45, 7) is 2.79. The predicted octanol–water partition coefficient (Wildman–Crippen LogP) is 3.35. The van der Waals surface area contributed by atoms with Gasteiger partial charge in [0, 0.05) is 25.7 Å². The van der Waals surface area contributed by atoms with Crippen LogP contribution in [0.2, 0.25) is 0 Å². The summed E-state index contributed by atoms with van der Waals surface area (Å²) in [4.78, 5) is 2.13. The van der Waals surface area contributed by atoms with Gasteiger partial charge in [-0.25, -0.2) is 0 Å². The molecule has 1 unspecified atom stereocenters. The average Bonchev–Trinajstić information content (AvgIpc) is 2.46. The Morgan fingerprint density at radius 1 is 1.05 bits per heavy atom. The molecule has 0 aliphatic carbocycles. The van der Waals surface area contributed by atoms with Crippen molar-refractivity contribution < 1.29 is 0 Å². The Labute approximate surface area is 122 Å². The van der Waals surface area contributed by atoms with Crippen LogP contribution in [-0.2, 0) is 6.42 Å². The van der Waals surface area contributed by atoms with Gasteiger partial charge in [-0.05, 0) is 43.1 Å². The molecule has 2 rings (SSSR count). The molecule has 0 amide bonds. The molecule has 106 valence electrons. The number of aryl methyl sites for hydroxylation is 1. The molecule has 0 bridgehead atoms. The van der Waals surface area contributed by atoms with E-state index in [-0.39, 0.29) is 0 Å². The van der Waals surface area contributed by atoms with Crippen LogP contribution in [0.1, 0.15) is 22.6 Å². The van der Waals surface area contributed by atoms with Gasteiger partial charge in [-0.3, -0.25) is 0 Å². The molecule has 2 heteroatoms. The molecule has 0 heterocycles. The van der Waals surface area contributed by atoms with Gasteiger partial charge in [-0.1, -0.05) is 42.0 Å². The fraction of sp³-hybridized carbons (Fsp3) is 0.333. The first kappa shape index (κ1) is 14.6. The van der Waals surface area contributed by atoms with Crippen molar-refractivity contribution in [1.82, 2.24) is 0 Å². The number of nitrogens with zero attached hydrogens (tertiary/aromatic N) is 1. The van der Waals surface area contributed by atoms with E-state index < -0.39 is 0 Å². The second-order valence-electron chi connectivity index (χ2n) is 5.61. The van der Waals surface area contributed by atoms with Gasteiger partial charge in [0.25, 0.3) is 0 Å². The van der Waals surface area contributed by atoms with Crippen molar-refractivity contribution in [2.75, 3.05) is 25.5 Å². The van der Waals surface area contributed by atoms with Gasteiger partial charge in [-0.15, -0.1) is 0 Å². The third-order valence-corrected chi connectivity index (χ3v) is 3.74. The highest BCUT2D eigenvalue weighted by atomic mass is 15.1. The molecule has 2 nitrogen and oxygen atoms in total. The first-order valence-electron chi connectivity index (χ1n) is 7.13. The fourth-order valence-corrected chi connectivity index (χ4v) is 2.42. The summed E-state index contributed by atoms with van der Waals surface area (Å²) in [5.41, 5.74) is 11.2. The summed E-state index contributed by atoms with van der Waals surface area (Å²) in [7, 11) is 4.14. The molecule has 0 saturated carbocycles. The van der Waals surface area contributed by atoms with E-state index >= 15 is 0 Å². The maximum absolute atomic E-state index is 5.98. The first-order valence-corrected chi connectivity index (χ1v) is 7.13. The van der Waals surface area contributed by atoms with Gasteiger partial charge < -0.3 is 10.6 Å². The summed E-state index contributed by atoms with van der Waals surface area (Å²) in [5, 5.41) is 0. The van der Waals surface area contributed by atoms with Crippen molar-refractivity contribution in [3.63, 3.8) is 0 Å². The van der Waals surface area contributed by atoms with Crippen LogP contribution in [0.15, 0.2) is 48.5 Å². The van der Waals surface area contributed by atoms with Crippen molar-refractivity contribution in [3.8, 4) is 0 Å². The molecule has 0 aromatic heterocycles. The summed E-state index contributed by atoms with van der Waals surface area (Å²) >= 11 is 0. The topological polar surface area (TPSA) is 29.3 Å². The lowest BCUT2D eigenvalue weighted by atomic mass is 9.91. The predicted molar refractivity (Wildman–Crippen MR) is 87.4 cm³/mol. The summed E-state index contributed by atoms with van der Waals surface area (Å²) in [6.07, 6.45) is 0.987. The Bertz CT molecular complexity index is 544. The van der Waals surface area contributed by atoms with E-state index in [9.17, 15) is 0 Å². The maximum Gasteiger partial charge on any atom is 0.0363 e. The van der Waals surface area contributed by atoms with Crippen LogP contribution >= 0.6 is 0 Å². The number of hydrogen-bond donors (Lipinski definition) is 1. The van der Waals surface area contributed by atoms with Gasteiger partial charge in [0.05, 0.1) is 0 Å². The largest absolute Gasteiger partial charge is 0.378 e. The van der Waals surface area contributed by atoms with E-state index in [0.29, 0.717) is 12.5 Å². The highest BCUT2D eigenvalue weighted by Gasteiger charge is 2.11. The Balaban J connectivity index is 2.17. The van der Waals surface area contributed by atoms with Gasteiger partial charge in [-0.2, -0.15) is 0 Å². The molecular weight excluding hydrogens is 244 g/mol. The van der Waals surface area contributed by atoms with E-state index in [1.807, 2.05) is 0 Å². The molecule has 0 saturated heterocycles. The molecule has 1 atom stereocenters. The molecule has 0 radical (unpaired) electrons. The molecule has 2 N–H and O–H groups in total. The molecule has 0 fully saturated rings. The van der Waals surface area contributed by atoms with E-state index in [4.69, 9.17) is 5.73 Å². The molecular formula is C18H24N2. The zero-order chi connectivity index (χ0) is 14.5. The SMILES string of the molecule is Cc1ccc(C(CN)Cc2cccc(N(C)C)c2)cc1. The summed E-state index contributed by atoms with van der Waals surface area (Å²) in [6, 6.07) is 17.4. The Hall–Kier alpha value is -1.80. The van der Waals surface area contributed by atoms with Gasteiger partial charge in [0.1, 0.15) is 0 Å². The lowest BCUT2D eigenvalue weighted by molar-refractivity contribution is 0.694. The van der Waals surface area contributed by atoms with Crippen LogP contribution in [0.3, 0.4) is 0 Å². The Kier molecular flexibility index (Phi) is 4.80. The minimum Gasteiger partial charge on any atom is -0.378 e. The third-order valence-electron chi connectivity index (χ3n) is 3.74. The van der Waals surface area contributed by atoms with Crippen molar-refractivity contribution in [1.29, 1.82) is 0 Å². The van der Waals surface area contributed by atoms with E-state index in [1.54, 1.807) is 0 Å². The molecule has 20 heavy (non-hydrogen) atoms. The van der Waals surface area contributed by atoms with Crippen molar-refractivity contribution in [2.24, 2.45) is 5.73 Å². The second kappa shape index (κ2) is 6.58. The fourth-order valence-electron chi connectivity index (χ4n) is 2.42. The number of benzene rings is 2. The highest BCUT2D eigenvalue weighted by molar-refractivity contribution is 5.47. The smallest absolute Gasteiger partial charge is 0.0363 e. The van der Waals surface area contributed by atoms with Crippen LogP contribution in [0, 0.1) is 6.92 Å². The number of anilines is 1. The van der Waals surface area contributed by atoms with Crippen molar-refractivity contribution in [2.45, 2.75) is 19.3 Å². The van der Waals surface area contributed by atoms with Crippen LogP contribution in [0.4, 0.5) is 5.69 Å². The summed E-state index contributed by atoms with van der Waals surface area (Å²) < 4.78 is 0. The molecule has 2 aromatic carbocycles. The second-order valence-corrected chi connectivity index (χ2v) is 5.61. The minimum atomic E-state index is 0.382. The van der Waals surface area contributed by atoms with Crippen LogP contribution in [-0.4, -0.2) is 20.6 Å². The van der Waals surface area contributed by atoms with E-state index in [1.165, 1.54) is 22.4 Å². The number of nitrogens with two attached hydrogens (primary N) is 1. The Morgan fingerprint density at radius 3 is 2.35 bits per heavy atom. The lowest BCUT2D eigenvalue weighted by Crippen LogP contribution is -2.15. The zero-order valence-electron chi connectivity index (χ0n) is 12.6. The van der Waals surface area contributed by atoms with Crippen molar-refractivity contribution >= 4 is 5.69 Å². The molecule has 2 aromatic rings. The van der Waals surface area contributed by atoms with E-state index in [2.05, 4.69) is 74.4 Å². The minimum absolute atomic E-state index is 0.382. The van der Waals surface area contributed by atoms with Gasteiger partial charge in [0.2, 0.25) is 0 Å². The first-order chi connectivity index (χ1) is 9.60. The van der Waals surface area contributed by atoms with Crippen LogP contribution in [0.25, 0.3) is 0 Å². The maximum atomic E-state index is 5.98. The van der Waals surface area contributed by atoms with Crippen molar-refractivity contribution in [3.05, 3.63) is 65.2 Å². The lowest BCUT2D eigenvalue weighted by Gasteiger charge is -2.18. The summed E-state index contributed by atoms with van der Waals surface area (Å²) in [5.74, 6) is 0.382. The normalized spacial score (nSPS) is 12.2. The van der Waals surface area contributed by atoms with Gasteiger partial charge in [0.15, 0.2) is 0 Å². The molecule has 0 spiro atoms. The number of rotatable bonds is 5. The van der Waals surface area contributed by atoms with Crippen LogP contribution < -0.4 is 10.6 Å². The molecule has 0 aliphatic rings. The quantitative estimate of drug-likeness (QED) is 0.901. The average molecular weight is 268 g/mol. The molecule has 0 aliphatic heterocycles. The van der Waals surface area contributed by atoms with E-state index in [0.717, 1.165) is 6.42 Å². The monoisotopic (exact) mass is 268 g/mol. The Morgan fingerprint density at radius 2 is 1.75 bits per heavy atom. The number of hydrogen-bond acceptors (Lipinski definition) is 2. The van der Waals surface area contributed by atoms with Gasteiger partial charge >= 0.3 is 0 Å².